The summed E-state index contributed by atoms with van der Waals surface area (Å²) in [4.78, 5) is 28.7. The molecular weight excluding hydrogens is 566 g/mol. The Balaban J connectivity index is 2.12. The summed E-state index contributed by atoms with van der Waals surface area (Å²) >= 11 is 6.07. The van der Waals surface area contributed by atoms with Crippen molar-refractivity contribution in [2.75, 3.05) is 31.6 Å². The smallest absolute Gasteiger partial charge is 0.264 e. The number of nitrogens with zero attached hydrogens (tertiary/aromatic N) is 2. The summed E-state index contributed by atoms with van der Waals surface area (Å²) in [7, 11) is -1.38. The zero-order chi connectivity index (χ0) is 30.0. The van der Waals surface area contributed by atoms with E-state index >= 15 is 0 Å². The van der Waals surface area contributed by atoms with Gasteiger partial charge in [-0.3, -0.25) is 13.9 Å². The van der Waals surface area contributed by atoms with Crippen molar-refractivity contribution in [1.82, 2.24) is 10.2 Å². The first-order valence-corrected chi connectivity index (χ1v) is 15.1. The van der Waals surface area contributed by atoms with Crippen LogP contribution in [0.25, 0.3) is 0 Å². The maximum Gasteiger partial charge on any atom is 0.264 e. The number of hydrogen-bond donors (Lipinski definition) is 1. The van der Waals surface area contributed by atoms with E-state index in [2.05, 4.69) is 5.32 Å². The number of anilines is 1. The largest absolute Gasteiger partial charge is 0.497 e. The zero-order valence-electron chi connectivity index (χ0n) is 23.7. The van der Waals surface area contributed by atoms with E-state index in [0.717, 1.165) is 16.3 Å². The first-order valence-electron chi connectivity index (χ1n) is 13.3. The van der Waals surface area contributed by atoms with Crippen LogP contribution in [0, 0.1) is 0 Å². The number of carbonyl (C=O) groups is 2. The Morgan fingerprint density at radius 1 is 0.951 bits per heavy atom. The van der Waals surface area contributed by atoms with E-state index in [0.29, 0.717) is 23.7 Å². The number of rotatable bonds is 14. The summed E-state index contributed by atoms with van der Waals surface area (Å²) in [6.45, 7) is 3.68. The molecule has 0 aliphatic carbocycles. The summed E-state index contributed by atoms with van der Waals surface area (Å²) in [5, 5.41) is 3.40. The molecule has 0 bridgehead atoms. The van der Waals surface area contributed by atoms with Crippen LogP contribution in [0.2, 0.25) is 5.02 Å². The molecular formula is C30H36ClN3O6S. The van der Waals surface area contributed by atoms with Gasteiger partial charge in [0, 0.05) is 24.2 Å². The highest BCUT2D eigenvalue weighted by Crippen LogP contribution is 2.36. The fourth-order valence-corrected chi connectivity index (χ4v) is 5.86. The van der Waals surface area contributed by atoms with E-state index in [9.17, 15) is 18.0 Å². The molecule has 41 heavy (non-hydrogen) atoms. The van der Waals surface area contributed by atoms with E-state index in [1.807, 2.05) is 13.8 Å². The van der Waals surface area contributed by atoms with Gasteiger partial charge in [-0.15, -0.1) is 0 Å². The Hall–Kier alpha value is -3.76. The van der Waals surface area contributed by atoms with Crippen molar-refractivity contribution in [2.24, 2.45) is 0 Å². The van der Waals surface area contributed by atoms with Crippen molar-refractivity contribution in [3.63, 3.8) is 0 Å². The number of nitrogens with one attached hydrogen (secondary N) is 1. The highest BCUT2D eigenvalue weighted by atomic mass is 35.5. The summed E-state index contributed by atoms with van der Waals surface area (Å²) in [5.41, 5.74) is 0.861. The maximum atomic E-state index is 14.2. The Kier molecular flexibility index (Phi) is 11.4. The SMILES string of the molecule is CCCNC(=O)[C@H](CC)N(Cc1ccc(Cl)cc1)C(=O)CN(c1cc(OC)ccc1OC)S(=O)(=O)c1ccccc1. The van der Waals surface area contributed by atoms with Crippen LogP contribution in [0.5, 0.6) is 11.5 Å². The van der Waals surface area contributed by atoms with Crippen molar-refractivity contribution >= 4 is 39.1 Å². The second-order valence-corrected chi connectivity index (χ2v) is 11.5. The molecule has 3 aromatic carbocycles. The van der Waals surface area contributed by atoms with Crippen LogP contribution in [-0.2, 0) is 26.2 Å². The van der Waals surface area contributed by atoms with E-state index in [4.69, 9.17) is 21.1 Å². The van der Waals surface area contributed by atoms with Gasteiger partial charge in [-0.25, -0.2) is 8.42 Å². The molecule has 0 fully saturated rings. The van der Waals surface area contributed by atoms with Gasteiger partial charge >= 0.3 is 0 Å². The Morgan fingerprint density at radius 2 is 1.63 bits per heavy atom. The predicted octanol–water partition coefficient (Wildman–Crippen LogP) is 4.89. The third-order valence-corrected chi connectivity index (χ3v) is 8.49. The van der Waals surface area contributed by atoms with E-state index in [-0.39, 0.29) is 28.8 Å². The molecule has 9 nitrogen and oxygen atoms in total. The van der Waals surface area contributed by atoms with E-state index in [1.54, 1.807) is 54.6 Å². The topological polar surface area (TPSA) is 105 Å². The van der Waals surface area contributed by atoms with E-state index in [1.165, 1.54) is 37.3 Å². The zero-order valence-corrected chi connectivity index (χ0v) is 25.2. The molecule has 11 heteroatoms. The van der Waals surface area contributed by atoms with E-state index < -0.39 is 28.5 Å². The van der Waals surface area contributed by atoms with Gasteiger partial charge in [0.25, 0.3) is 10.0 Å². The lowest BCUT2D eigenvalue weighted by Crippen LogP contribution is -2.52. The summed E-state index contributed by atoms with van der Waals surface area (Å²) < 4.78 is 39.9. The fraction of sp³-hybridized carbons (Fsp3) is 0.333. The van der Waals surface area contributed by atoms with Crippen LogP contribution >= 0.6 is 11.6 Å². The molecule has 220 valence electrons. The van der Waals surface area contributed by atoms with Crippen LogP contribution < -0.4 is 19.1 Å². The molecule has 1 atom stereocenters. The number of benzene rings is 3. The van der Waals surface area contributed by atoms with Crippen molar-refractivity contribution < 1.29 is 27.5 Å². The lowest BCUT2D eigenvalue weighted by atomic mass is 10.1. The lowest BCUT2D eigenvalue weighted by Gasteiger charge is -2.33. The Morgan fingerprint density at radius 3 is 2.22 bits per heavy atom. The number of halogens is 1. The van der Waals surface area contributed by atoms with Gasteiger partial charge in [0.2, 0.25) is 11.8 Å². The average Bonchev–Trinajstić information content (AvgIpc) is 2.99. The lowest BCUT2D eigenvalue weighted by molar-refractivity contribution is -0.140. The second kappa shape index (κ2) is 14.7. The molecule has 0 saturated heterocycles. The van der Waals surface area contributed by atoms with Crippen molar-refractivity contribution in [3.05, 3.63) is 83.4 Å². The third-order valence-electron chi connectivity index (χ3n) is 6.47. The van der Waals surface area contributed by atoms with Crippen molar-refractivity contribution in [3.8, 4) is 11.5 Å². The molecule has 2 amide bonds. The van der Waals surface area contributed by atoms with Crippen molar-refractivity contribution in [1.29, 1.82) is 0 Å². The van der Waals surface area contributed by atoms with Crippen LogP contribution in [0.15, 0.2) is 77.7 Å². The van der Waals surface area contributed by atoms with Crippen molar-refractivity contribution in [2.45, 2.75) is 44.2 Å². The number of methoxy groups -OCH3 is 2. The summed E-state index contributed by atoms with van der Waals surface area (Å²) in [5.74, 6) is -0.268. The maximum absolute atomic E-state index is 14.2. The normalized spacial score (nSPS) is 11.8. The van der Waals surface area contributed by atoms with Crippen LogP contribution in [0.4, 0.5) is 5.69 Å². The Bertz CT molecular complexity index is 1420. The minimum Gasteiger partial charge on any atom is -0.497 e. The average molecular weight is 602 g/mol. The Labute approximate surface area is 247 Å². The number of sulfonamides is 1. The fourth-order valence-electron chi connectivity index (χ4n) is 4.30. The predicted molar refractivity (Wildman–Crippen MR) is 160 cm³/mol. The van der Waals surface area contributed by atoms with Crippen LogP contribution in [0.1, 0.15) is 32.3 Å². The van der Waals surface area contributed by atoms with Gasteiger partial charge in [0.15, 0.2) is 0 Å². The van der Waals surface area contributed by atoms with Gasteiger partial charge in [-0.1, -0.05) is 55.8 Å². The highest BCUT2D eigenvalue weighted by molar-refractivity contribution is 7.92. The van der Waals surface area contributed by atoms with Gasteiger partial charge in [-0.05, 0) is 54.8 Å². The molecule has 1 N–H and O–H groups in total. The molecule has 3 aromatic rings. The molecule has 0 saturated carbocycles. The summed E-state index contributed by atoms with van der Waals surface area (Å²) in [6.07, 6.45) is 1.05. The number of amides is 2. The molecule has 0 spiro atoms. The number of ether oxygens (including phenoxy) is 2. The van der Waals surface area contributed by atoms with Gasteiger partial charge in [0.1, 0.15) is 24.1 Å². The minimum absolute atomic E-state index is 0.00495. The summed E-state index contributed by atoms with van der Waals surface area (Å²) in [6, 6.07) is 18.6. The first kappa shape index (κ1) is 31.8. The standard InChI is InChI=1S/C30H36ClN3O6S/c1-5-18-32-30(36)26(6-2)33(20-22-12-14-23(31)15-13-22)29(35)21-34(41(37,38)25-10-8-7-9-11-25)27-19-24(39-3)16-17-28(27)40-4/h7-17,19,26H,5-6,18,20-21H2,1-4H3,(H,32,36)/t26-/m0/s1. The van der Waals surface area contributed by atoms with Crippen LogP contribution in [0.3, 0.4) is 0 Å². The molecule has 0 unspecified atom stereocenters. The van der Waals surface area contributed by atoms with Gasteiger partial charge in [0.05, 0.1) is 24.8 Å². The monoisotopic (exact) mass is 601 g/mol. The molecule has 0 heterocycles. The molecule has 0 aliphatic rings. The minimum atomic E-state index is -4.25. The first-order chi connectivity index (χ1) is 19.7. The molecule has 3 rings (SSSR count). The second-order valence-electron chi connectivity index (χ2n) is 9.23. The molecule has 0 aliphatic heterocycles. The van der Waals surface area contributed by atoms with Crippen LogP contribution in [-0.4, -0.2) is 58.5 Å². The molecule has 0 aromatic heterocycles. The number of carbonyl (C=O) groups excluding carboxylic acids is 2. The quantitative estimate of drug-likeness (QED) is 0.282. The molecule has 0 radical (unpaired) electrons. The number of hydrogen-bond acceptors (Lipinski definition) is 6. The third kappa shape index (κ3) is 7.92. The highest BCUT2D eigenvalue weighted by Gasteiger charge is 2.35. The van der Waals surface area contributed by atoms with Gasteiger partial charge < -0.3 is 19.7 Å². The van der Waals surface area contributed by atoms with Gasteiger partial charge in [-0.2, -0.15) is 0 Å².